The van der Waals surface area contributed by atoms with E-state index < -0.39 is 26.7 Å². The van der Waals surface area contributed by atoms with Gasteiger partial charge in [-0.25, -0.2) is 8.42 Å². The summed E-state index contributed by atoms with van der Waals surface area (Å²) in [5.41, 5.74) is -1.04. The molecular formula is C9H9BrF3NO2SY-2. The van der Waals surface area contributed by atoms with E-state index in [1.165, 1.54) is 0 Å². The zero-order valence-corrected chi connectivity index (χ0v) is 14.7. The molecule has 1 aromatic rings. The van der Waals surface area contributed by atoms with Gasteiger partial charge in [-0.2, -0.15) is 20.2 Å². The first kappa shape index (κ1) is 20.8. The summed E-state index contributed by atoms with van der Waals surface area (Å²) in [6.45, 7) is 0. The molecule has 18 heavy (non-hydrogen) atoms. The molecule has 101 valence electrons. The van der Waals surface area contributed by atoms with Gasteiger partial charge < -0.3 is 12.1 Å². The van der Waals surface area contributed by atoms with Crippen molar-refractivity contribution in [2.75, 3.05) is 7.05 Å². The number of halogens is 4. The van der Waals surface area contributed by atoms with Gasteiger partial charge >= 0.3 is 6.18 Å². The Morgan fingerprint density at radius 2 is 1.78 bits per heavy atom. The Morgan fingerprint density at radius 3 is 2.17 bits per heavy atom. The molecule has 0 N–H and O–H groups in total. The van der Waals surface area contributed by atoms with Crippen LogP contribution in [-0.4, -0.2) is 15.5 Å². The molecule has 0 aliphatic heterocycles. The molecule has 0 heterocycles. The molecule has 0 unspecified atom stereocenters. The molecule has 0 bridgehead atoms. The van der Waals surface area contributed by atoms with E-state index in [0.29, 0.717) is 6.07 Å². The normalized spacial score (nSPS) is 11.4. The van der Waals surface area contributed by atoms with Crippen molar-refractivity contribution >= 4 is 26.0 Å². The predicted octanol–water partition coefficient (Wildman–Crippen LogP) is 3.61. The third kappa shape index (κ3) is 4.88. The number of hydrogen-bond donors (Lipinski definition) is 0. The fourth-order valence-corrected chi connectivity index (χ4v) is 2.18. The molecule has 0 spiro atoms. The van der Waals surface area contributed by atoms with Crippen molar-refractivity contribution in [3.8, 4) is 0 Å². The van der Waals surface area contributed by atoms with Crippen LogP contribution in [0.2, 0.25) is 0 Å². The van der Waals surface area contributed by atoms with Crippen LogP contribution in [0.5, 0.6) is 0 Å². The van der Waals surface area contributed by atoms with Crippen LogP contribution in [-0.2, 0) is 48.9 Å². The predicted molar refractivity (Wildman–Crippen MR) is 62.0 cm³/mol. The maximum atomic E-state index is 12.5. The molecule has 0 aliphatic rings. The molecule has 0 amide bonds. The molecule has 3 nitrogen and oxygen atoms in total. The van der Waals surface area contributed by atoms with Gasteiger partial charge in [0.05, 0.1) is 5.56 Å². The van der Waals surface area contributed by atoms with E-state index in [2.05, 4.69) is 20.7 Å². The largest absolute Gasteiger partial charge is 0.547 e. The van der Waals surface area contributed by atoms with Crippen LogP contribution in [0.4, 0.5) is 13.2 Å². The Labute approximate surface area is 138 Å². The molecule has 1 aromatic carbocycles. The van der Waals surface area contributed by atoms with Crippen molar-refractivity contribution in [2.24, 2.45) is 0 Å². The monoisotopic (exact) mass is 420 g/mol. The zero-order chi connectivity index (χ0) is 12.6. The molecule has 0 aromatic heterocycles. The minimum Gasteiger partial charge on any atom is -0.547 e. The summed E-state index contributed by atoms with van der Waals surface area (Å²) in [7, 11) is -2.99. The summed E-state index contributed by atoms with van der Waals surface area (Å²) in [6.07, 6.45) is -4.61. The van der Waals surface area contributed by atoms with Crippen molar-refractivity contribution in [3.63, 3.8) is 0 Å². The molecule has 9 heteroatoms. The molecule has 0 saturated carbocycles. The summed E-state index contributed by atoms with van der Waals surface area (Å²) in [4.78, 5) is -0.481. The Balaban J connectivity index is 0. The Morgan fingerprint density at radius 1 is 1.28 bits per heavy atom. The van der Waals surface area contributed by atoms with Crippen LogP contribution in [0.1, 0.15) is 5.56 Å². The second kappa shape index (κ2) is 7.33. The number of hydrogen-bond acceptors (Lipinski definition) is 2. The third-order valence-corrected chi connectivity index (χ3v) is 3.80. The van der Waals surface area contributed by atoms with Gasteiger partial charge in [0.2, 0.25) is 0 Å². The van der Waals surface area contributed by atoms with E-state index in [-0.39, 0.29) is 44.6 Å². The molecular weight excluding hydrogens is 412 g/mol. The maximum Gasteiger partial charge on any atom is 0.417 e. The maximum absolute atomic E-state index is 12.5. The Kier molecular flexibility index (Phi) is 8.48. The third-order valence-electron chi connectivity index (χ3n) is 1.78. The van der Waals surface area contributed by atoms with E-state index >= 15 is 0 Å². The second-order valence-electron chi connectivity index (χ2n) is 2.80. The van der Waals surface area contributed by atoms with Crippen LogP contribution in [0, 0.1) is 7.43 Å². The summed E-state index contributed by atoms with van der Waals surface area (Å²) in [6, 6.07) is 2.63. The average Bonchev–Trinajstić information content (AvgIpc) is 2.16. The van der Waals surface area contributed by atoms with E-state index in [4.69, 9.17) is 0 Å². The van der Waals surface area contributed by atoms with E-state index in [1.54, 1.807) is 0 Å². The van der Waals surface area contributed by atoms with Crippen molar-refractivity contribution in [3.05, 3.63) is 40.4 Å². The van der Waals surface area contributed by atoms with Crippen LogP contribution >= 0.6 is 15.9 Å². The molecule has 0 atom stereocenters. The van der Waals surface area contributed by atoms with Crippen molar-refractivity contribution in [1.82, 2.24) is 0 Å². The fraction of sp³-hybridized carbons (Fsp3) is 0.222. The van der Waals surface area contributed by atoms with Crippen LogP contribution < -0.4 is 0 Å². The molecule has 1 rings (SSSR count). The van der Waals surface area contributed by atoms with E-state index in [9.17, 15) is 21.6 Å². The number of rotatable bonds is 2. The van der Waals surface area contributed by atoms with Crippen LogP contribution in [0.3, 0.4) is 0 Å². The Hall–Kier alpha value is 0.504. The minimum atomic E-state index is -4.61. The first-order chi connectivity index (χ1) is 7.18. The standard InChI is InChI=1S/C8H6BrF3NO2S.CH3.Y/c1-13-16(14,15)5-2-3-7(9)6(4-5)8(10,11)12;;/h2-4H,1H3;1H3;/q2*-1;. The zero-order valence-electron chi connectivity index (χ0n) is 9.49. The fourth-order valence-electron chi connectivity index (χ4n) is 0.987. The number of alkyl halides is 3. The Bertz CT molecular complexity index is 505. The van der Waals surface area contributed by atoms with Crippen LogP contribution in [0.25, 0.3) is 4.72 Å². The SMILES string of the molecule is C[N-]S(=O)(=O)c1ccc(Br)c(C(F)(F)F)c1.[CH3-].[Y]. The van der Waals surface area contributed by atoms with Crippen molar-refractivity contribution < 1.29 is 54.3 Å². The van der Waals surface area contributed by atoms with Gasteiger partial charge in [-0.1, -0.05) is 15.9 Å². The summed E-state index contributed by atoms with van der Waals surface area (Å²) < 4.78 is 62.7. The summed E-state index contributed by atoms with van der Waals surface area (Å²) >= 11 is 2.71. The topological polar surface area (TPSA) is 48.2 Å². The number of benzene rings is 1. The van der Waals surface area contributed by atoms with E-state index in [0.717, 1.165) is 19.2 Å². The molecule has 1 radical (unpaired) electrons. The number of sulfonamides is 1. The smallest absolute Gasteiger partial charge is 0.417 e. The van der Waals surface area contributed by atoms with Crippen molar-refractivity contribution in [2.45, 2.75) is 11.1 Å². The quantitative estimate of drug-likeness (QED) is 0.686. The van der Waals surface area contributed by atoms with Gasteiger partial charge in [-0.15, -0.1) is 0 Å². The first-order valence-electron chi connectivity index (χ1n) is 3.91. The average molecular weight is 421 g/mol. The van der Waals surface area contributed by atoms with Gasteiger partial charge in [0.1, 0.15) is 10.0 Å². The first-order valence-corrected chi connectivity index (χ1v) is 6.14. The summed E-state index contributed by atoms with van der Waals surface area (Å²) in [5.74, 6) is 0. The van der Waals surface area contributed by atoms with E-state index in [1.807, 2.05) is 0 Å². The second-order valence-corrected chi connectivity index (χ2v) is 5.44. The molecule has 0 aliphatic carbocycles. The van der Waals surface area contributed by atoms with Crippen LogP contribution in [0.15, 0.2) is 27.6 Å². The van der Waals surface area contributed by atoms with Gasteiger partial charge in [-0.3, -0.25) is 0 Å². The van der Waals surface area contributed by atoms with Gasteiger partial charge in [-0.05, 0) is 18.2 Å². The van der Waals surface area contributed by atoms with Gasteiger partial charge in [0, 0.05) is 42.1 Å². The van der Waals surface area contributed by atoms with Gasteiger partial charge in [0.25, 0.3) is 0 Å². The molecule has 0 fully saturated rings. The summed E-state index contributed by atoms with van der Waals surface area (Å²) in [5, 5.41) is 0. The minimum absolute atomic E-state index is 0. The molecule has 0 saturated heterocycles. The number of nitrogens with zero attached hydrogens (tertiary/aromatic N) is 1. The van der Waals surface area contributed by atoms with Crippen molar-refractivity contribution in [1.29, 1.82) is 0 Å². The van der Waals surface area contributed by atoms with Gasteiger partial charge in [0.15, 0.2) is 0 Å².